The molecule has 0 bridgehead atoms. The van der Waals surface area contributed by atoms with Gasteiger partial charge in [-0.3, -0.25) is 9.69 Å². The van der Waals surface area contributed by atoms with Crippen LogP contribution in [0.15, 0.2) is 0 Å². The van der Waals surface area contributed by atoms with Crippen LogP contribution in [0.3, 0.4) is 0 Å². The van der Waals surface area contributed by atoms with Crippen LogP contribution >= 0.6 is 0 Å². The fourth-order valence-corrected chi connectivity index (χ4v) is 1.16. The molecule has 0 radical (unpaired) electrons. The Hall–Kier alpha value is -1.08. The van der Waals surface area contributed by atoms with Crippen LogP contribution in [0.4, 0.5) is 0 Å². The van der Waals surface area contributed by atoms with Gasteiger partial charge in [0.1, 0.15) is 0 Å². The van der Waals surface area contributed by atoms with E-state index in [-0.39, 0.29) is 5.97 Å². The van der Waals surface area contributed by atoms with Gasteiger partial charge in [-0.15, -0.1) is 0 Å². The van der Waals surface area contributed by atoms with Crippen molar-refractivity contribution in [3.8, 4) is 6.07 Å². The number of esters is 1. The first-order chi connectivity index (χ1) is 6.61. The standard InChI is InChI=1S/C10H18N2O2/c1-9(2)12(7-4-6-11)8-5-10(13)14-3/h9H,4-5,7-8H2,1-3H3. The second-order valence-electron chi connectivity index (χ2n) is 3.36. The van der Waals surface area contributed by atoms with Crippen LogP contribution in [0, 0.1) is 11.3 Å². The molecular formula is C10H18N2O2. The molecule has 4 heteroatoms. The van der Waals surface area contributed by atoms with E-state index in [1.807, 2.05) is 0 Å². The van der Waals surface area contributed by atoms with Gasteiger partial charge in [-0.1, -0.05) is 0 Å². The van der Waals surface area contributed by atoms with Gasteiger partial charge in [0.2, 0.25) is 0 Å². The lowest BCUT2D eigenvalue weighted by Gasteiger charge is -2.24. The second-order valence-corrected chi connectivity index (χ2v) is 3.36. The second kappa shape index (κ2) is 7.34. The summed E-state index contributed by atoms with van der Waals surface area (Å²) in [7, 11) is 1.39. The number of rotatable bonds is 6. The highest BCUT2D eigenvalue weighted by Gasteiger charge is 2.10. The summed E-state index contributed by atoms with van der Waals surface area (Å²) >= 11 is 0. The van der Waals surface area contributed by atoms with Crippen LogP contribution in [-0.2, 0) is 9.53 Å². The number of ether oxygens (including phenoxy) is 1. The van der Waals surface area contributed by atoms with Crippen molar-refractivity contribution in [2.24, 2.45) is 0 Å². The van der Waals surface area contributed by atoms with Crippen LogP contribution in [0.1, 0.15) is 26.7 Å². The molecule has 0 atom stereocenters. The van der Waals surface area contributed by atoms with Crippen LogP contribution in [0.25, 0.3) is 0 Å². The van der Waals surface area contributed by atoms with Crippen LogP contribution in [-0.4, -0.2) is 37.1 Å². The van der Waals surface area contributed by atoms with E-state index in [0.29, 0.717) is 32.0 Å². The molecule has 0 unspecified atom stereocenters. The summed E-state index contributed by atoms with van der Waals surface area (Å²) in [6.07, 6.45) is 0.888. The maximum atomic E-state index is 10.9. The topological polar surface area (TPSA) is 53.3 Å². The van der Waals surface area contributed by atoms with E-state index >= 15 is 0 Å². The Morgan fingerprint density at radius 1 is 1.50 bits per heavy atom. The van der Waals surface area contributed by atoms with Gasteiger partial charge in [0.15, 0.2) is 0 Å². The summed E-state index contributed by atoms with van der Waals surface area (Å²) < 4.78 is 4.55. The minimum Gasteiger partial charge on any atom is -0.469 e. The van der Waals surface area contributed by atoms with E-state index in [4.69, 9.17) is 5.26 Å². The van der Waals surface area contributed by atoms with E-state index in [1.54, 1.807) is 0 Å². The largest absolute Gasteiger partial charge is 0.469 e. The molecule has 0 aromatic carbocycles. The number of nitriles is 1. The van der Waals surface area contributed by atoms with E-state index in [1.165, 1.54) is 7.11 Å². The zero-order valence-electron chi connectivity index (χ0n) is 9.12. The van der Waals surface area contributed by atoms with Crippen LogP contribution < -0.4 is 0 Å². The van der Waals surface area contributed by atoms with Crippen molar-refractivity contribution in [3.05, 3.63) is 0 Å². The molecule has 14 heavy (non-hydrogen) atoms. The number of hydrogen-bond donors (Lipinski definition) is 0. The first-order valence-electron chi connectivity index (χ1n) is 4.79. The molecule has 0 amide bonds. The summed E-state index contributed by atoms with van der Waals surface area (Å²) in [5, 5.41) is 8.45. The Balaban J connectivity index is 3.86. The average Bonchev–Trinajstić information content (AvgIpc) is 2.16. The summed E-state index contributed by atoms with van der Waals surface area (Å²) in [6, 6.07) is 2.45. The van der Waals surface area contributed by atoms with E-state index in [2.05, 4.69) is 29.6 Å². The third kappa shape index (κ3) is 5.55. The molecule has 0 spiro atoms. The zero-order chi connectivity index (χ0) is 11.0. The molecule has 4 nitrogen and oxygen atoms in total. The number of nitrogens with zero attached hydrogens (tertiary/aromatic N) is 2. The van der Waals surface area contributed by atoms with Gasteiger partial charge in [0.05, 0.1) is 19.6 Å². The molecule has 0 aliphatic rings. The van der Waals surface area contributed by atoms with Crippen molar-refractivity contribution in [2.45, 2.75) is 32.7 Å². The minimum atomic E-state index is -0.201. The van der Waals surface area contributed by atoms with Gasteiger partial charge in [0, 0.05) is 25.6 Å². The van der Waals surface area contributed by atoms with Crippen molar-refractivity contribution in [2.75, 3.05) is 20.2 Å². The Bertz CT molecular complexity index is 209. The first-order valence-corrected chi connectivity index (χ1v) is 4.79. The smallest absolute Gasteiger partial charge is 0.306 e. The summed E-state index contributed by atoms with van der Waals surface area (Å²) in [4.78, 5) is 13.0. The molecule has 0 N–H and O–H groups in total. The third-order valence-electron chi connectivity index (χ3n) is 2.07. The Morgan fingerprint density at radius 2 is 2.14 bits per heavy atom. The fourth-order valence-electron chi connectivity index (χ4n) is 1.16. The highest BCUT2D eigenvalue weighted by Crippen LogP contribution is 2.01. The molecule has 0 saturated carbocycles. The number of carbonyl (C=O) groups is 1. The van der Waals surface area contributed by atoms with Crippen molar-refractivity contribution < 1.29 is 9.53 Å². The Kier molecular flexibility index (Phi) is 6.77. The molecular weight excluding hydrogens is 180 g/mol. The Morgan fingerprint density at radius 3 is 2.57 bits per heavy atom. The van der Waals surface area contributed by atoms with E-state index < -0.39 is 0 Å². The van der Waals surface area contributed by atoms with Crippen LogP contribution in [0.2, 0.25) is 0 Å². The number of methoxy groups -OCH3 is 1. The lowest BCUT2D eigenvalue weighted by molar-refractivity contribution is -0.141. The highest BCUT2D eigenvalue weighted by molar-refractivity contribution is 5.69. The highest BCUT2D eigenvalue weighted by atomic mass is 16.5. The first kappa shape index (κ1) is 12.9. The normalized spacial score (nSPS) is 10.3. The van der Waals surface area contributed by atoms with Crippen LogP contribution in [0.5, 0.6) is 0 Å². The fraction of sp³-hybridized carbons (Fsp3) is 0.800. The Labute approximate surface area is 85.5 Å². The van der Waals surface area contributed by atoms with Crippen molar-refractivity contribution in [3.63, 3.8) is 0 Å². The molecule has 0 aromatic rings. The zero-order valence-corrected chi connectivity index (χ0v) is 9.12. The van der Waals surface area contributed by atoms with Gasteiger partial charge in [-0.05, 0) is 13.8 Å². The predicted molar refractivity (Wildman–Crippen MR) is 53.6 cm³/mol. The molecule has 0 aliphatic heterocycles. The average molecular weight is 198 g/mol. The molecule has 0 fully saturated rings. The van der Waals surface area contributed by atoms with Gasteiger partial charge < -0.3 is 4.74 Å². The third-order valence-corrected chi connectivity index (χ3v) is 2.07. The van der Waals surface area contributed by atoms with Gasteiger partial charge >= 0.3 is 5.97 Å². The summed E-state index contributed by atoms with van der Waals surface area (Å²) in [5.41, 5.74) is 0. The summed E-state index contributed by atoms with van der Waals surface area (Å²) in [6.45, 7) is 5.47. The molecule has 0 heterocycles. The SMILES string of the molecule is COC(=O)CCN(CCC#N)C(C)C. The van der Waals surface area contributed by atoms with E-state index in [9.17, 15) is 4.79 Å². The van der Waals surface area contributed by atoms with Gasteiger partial charge in [-0.2, -0.15) is 5.26 Å². The van der Waals surface area contributed by atoms with Crippen molar-refractivity contribution in [1.82, 2.24) is 4.90 Å². The van der Waals surface area contributed by atoms with Crippen molar-refractivity contribution >= 4 is 5.97 Å². The minimum absolute atomic E-state index is 0.201. The molecule has 0 aliphatic carbocycles. The predicted octanol–water partition coefficient (Wildman–Crippen LogP) is 1.17. The van der Waals surface area contributed by atoms with Gasteiger partial charge in [0.25, 0.3) is 0 Å². The lowest BCUT2D eigenvalue weighted by atomic mass is 10.2. The number of hydrogen-bond acceptors (Lipinski definition) is 4. The lowest BCUT2D eigenvalue weighted by Crippen LogP contribution is -2.33. The monoisotopic (exact) mass is 198 g/mol. The van der Waals surface area contributed by atoms with Crippen molar-refractivity contribution in [1.29, 1.82) is 5.26 Å². The maximum Gasteiger partial charge on any atom is 0.306 e. The molecule has 80 valence electrons. The molecule has 0 rings (SSSR count). The number of carbonyl (C=O) groups excluding carboxylic acids is 1. The van der Waals surface area contributed by atoms with E-state index in [0.717, 1.165) is 0 Å². The molecule has 0 aromatic heterocycles. The molecule has 0 saturated heterocycles. The van der Waals surface area contributed by atoms with Gasteiger partial charge in [-0.25, -0.2) is 0 Å². The summed E-state index contributed by atoms with van der Waals surface area (Å²) in [5.74, 6) is -0.201. The quantitative estimate of drug-likeness (QED) is 0.601. The maximum absolute atomic E-state index is 10.9.